The molecule has 0 heterocycles. The maximum atomic E-state index is 12.7. The molecule has 2 aromatic carbocycles. The zero-order valence-electron chi connectivity index (χ0n) is 13.9. The second-order valence-corrected chi connectivity index (χ2v) is 5.55. The first-order chi connectivity index (χ1) is 11.9. The van der Waals surface area contributed by atoms with Crippen molar-refractivity contribution in [1.82, 2.24) is 0 Å². The number of nitrogens with one attached hydrogen (secondary N) is 1. The lowest BCUT2D eigenvalue weighted by atomic mass is 10.1. The van der Waals surface area contributed by atoms with Crippen molar-refractivity contribution in [2.75, 3.05) is 11.9 Å². The molecule has 0 fully saturated rings. The Labute approximate surface area is 144 Å². The highest BCUT2D eigenvalue weighted by Gasteiger charge is 2.30. The van der Waals surface area contributed by atoms with Crippen LogP contribution in [0.15, 0.2) is 48.5 Å². The fraction of sp³-hybridized carbons (Fsp3) is 0.316. The summed E-state index contributed by atoms with van der Waals surface area (Å²) >= 11 is 0. The molecule has 6 heteroatoms. The zero-order chi connectivity index (χ0) is 18.3. The van der Waals surface area contributed by atoms with Gasteiger partial charge in [-0.1, -0.05) is 24.3 Å². The summed E-state index contributed by atoms with van der Waals surface area (Å²) in [6.45, 7) is 2.44. The van der Waals surface area contributed by atoms with Gasteiger partial charge in [0.25, 0.3) is 0 Å². The number of esters is 1. The van der Waals surface area contributed by atoms with Gasteiger partial charge in [-0.25, -0.2) is 0 Å². The first-order valence-electron chi connectivity index (χ1n) is 8.03. The van der Waals surface area contributed by atoms with Crippen LogP contribution in [0.5, 0.6) is 0 Å². The number of halogens is 3. The zero-order valence-corrected chi connectivity index (χ0v) is 13.9. The van der Waals surface area contributed by atoms with Crippen LogP contribution in [0.3, 0.4) is 0 Å². The minimum atomic E-state index is -4.34. The van der Waals surface area contributed by atoms with E-state index in [1.165, 1.54) is 6.07 Å². The Morgan fingerprint density at radius 2 is 1.80 bits per heavy atom. The van der Waals surface area contributed by atoms with Gasteiger partial charge in [-0.2, -0.15) is 13.2 Å². The SMILES string of the molecule is CCOC(=O)CCc1ccc(NCc2cccc(C(F)(F)F)c2)cc1. The third kappa shape index (κ3) is 6.14. The summed E-state index contributed by atoms with van der Waals surface area (Å²) in [7, 11) is 0. The third-order valence-electron chi connectivity index (χ3n) is 3.63. The first kappa shape index (κ1) is 18.8. The number of alkyl halides is 3. The van der Waals surface area contributed by atoms with Crippen molar-refractivity contribution in [2.24, 2.45) is 0 Å². The summed E-state index contributed by atoms with van der Waals surface area (Å²) in [5, 5.41) is 3.09. The number of carbonyl (C=O) groups excluding carboxylic acids is 1. The van der Waals surface area contributed by atoms with E-state index in [4.69, 9.17) is 4.74 Å². The predicted octanol–water partition coefficient (Wildman–Crippen LogP) is 4.81. The van der Waals surface area contributed by atoms with Crippen molar-refractivity contribution in [3.63, 3.8) is 0 Å². The summed E-state index contributed by atoms with van der Waals surface area (Å²) in [5.74, 6) is -0.228. The van der Waals surface area contributed by atoms with Gasteiger partial charge in [-0.15, -0.1) is 0 Å². The minimum Gasteiger partial charge on any atom is -0.466 e. The molecule has 134 valence electrons. The van der Waals surface area contributed by atoms with E-state index in [-0.39, 0.29) is 5.97 Å². The van der Waals surface area contributed by atoms with Gasteiger partial charge in [-0.3, -0.25) is 4.79 Å². The van der Waals surface area contributed by atoms with Crippen LogP contribution >= 0.6 is 0 Å². The Morgan fingerprint density at radius 1 is 1.08 bits per heavy atom. The molecule has 0 saturated heterocycles. The molecule has 0 unspecified atom stereocenters. The van der Waals surface area contributed by atoms with Crippen molar-refractivity contribution in [3.8, 4) is 0 Å². The number of hydrogen-bond donors (Lipinski definition) is 1. The average molecular weight is 351 g/mol. The molecular formula is C19H20F3NO2. The van der Waals surface area contributed by atoms with Crippen molar-refractivity contribution in [1.29, 1.82) is 0 Å². The van der Waals surface area contributed by atoms with Crippen LogP contribution in [0.2, 0.25) is 0 Å². The lowest BCUT2D eigenvalue weighted by Crippen LogP contribution is -2.07. The molecular weight excluding hydrogens is 331 g/mol. The maximum Gasteiger partial charge on any atom is 0.416 e. The van der Waals surface area contributed by atoms with Crippen molar-refractivity contribution >= 4 is 11.7 Å². The largest absolute Gasteiger partial charge is 0.466 e. The molecule has 3 nitrogen and oxygen atoms in total. The molecule has 0 aromatic heterocycles. The van der Waals surface area contributed by atoms with E-state index in [1.807, 2.05) is 24.3 Å². The van der Waals surface area contributed by atoms with E-state index in [2.05, 4.69) is 5.32 Å². The number of ether oxygens (including phenoxy) is 1. The number of aryl methyl sites for hydroxylation is 1. The molecule has 1 N–H and O–H groups in total. The lowest BCUT2D eigenvalue weighted by Gasteiger charge is -2.11. The normalized spacial score (nSPS) is 11.2. The molecule has 0 bridgehead atoms. The highest BCUT2D eigenvalue weighted by atomic mass is 19.4. The number of rotatable bonds is 7. The van der Waals surface area contributed by atoms with Crippen LogP contribution in [0.1, 0.15) is 30.0 Å². The highest BCUT2D eigenvalue weighted by Crippen LogP contribution is 2.29. The Bertz CT molecular complexity index is 697. The topological polar surface area (TPSA) is 38.3 Å². The van der Waals surface area contributed by atoms with Gasteiger partial charge in [0.15, 0.2) is 0 Å². The van der Waals surface area contributed by atoms with E-state index in [0.717, 1.165) is 23.4 Å². The van der Waals surface area contributed by atoms with Crippen LogP contribution in [0.4, 0.5) is 18.9 Å². The van der Waals surface area contributed by atoms with Gasteiger partial charge >= 0.3 is 12.1 Å². The monoisotopic (exact) mass is 351 g/mol. The molecule has 0 aliphatic heterocycles. The molecule has 25 heavy (non-hydrogen) atoms. The summed E-state index contributed by atoms with van der Waals surface area (Å²) in [5.41, 5.74) is 1.71. The first-order valence-corrected chi connectivity index (χ1v) is 8.03. The van der Waals surface area contributed by atoms with E-state index in [1.54, 1.807) is 13.0 Å². The summed E-state index contributed by atoms with van der Waals surface area (Å²) < 4.78 is 43.0. The maximum absolute atomic E-state index is 12.7. The van der Waals surface area contributed by atoms with E-state index in [9.17, 15) is 18.0 Å². The fourth-order valence-electron chi connectivity index (χ4n) is 2.33. The van der Waals surface area contributed by atoms with Gasteiger partial charge in [0.1, 0.15) is 0 Å². The Balaban J connectivity index is 1.88. The van der Waals surface area contributed by atoms with Crippen LogP contribution < -0.4 is 5.32 Å². The fourth-order valence-corrected chi connectivity index (χ4v) is 2.33. The molecule has 0 aliphatic carbocycles. The average Bonchev–Trinajstić information content (AvgIpc) is 2.59. The molecule has 0 spiro atoms. The van der Waals surface area contributed by atoms with Crippen molar-refractivity contribution < 1.29 is 22.7 Å². The predicted molar refractivity (Wildman–Crippen MR) is 90.2 cm³/mol. The van der Waals surface area contributed by atoms with Gasteiger partial charge < -0.3 is 10.1 Å². The highest BCUT2D eigenvalue weighted by molar-refractivity contribution is 5.69. The van der Waals surface area contributed by atoms with Gasteiger partial charge in [0.2, 0.25) is 0 Å². The van der Waals surface area contributed by atoms with Gasteiger partial charge in [-0.05, 0) is 48.7 Å². The molecule has 2 rings (SSSR count). The number of carbonyl (C=O) groups is 1. The van der Waals surface area contributed by atoms with E-state index in [0.29, 0.717) is 31.6 Å². The summed E-state index contributed by atoms with van der Waals surface area (Å²) in [6.07, 6.45) is -3.42. The molecule has 0 radical (unpaired) electrons. The standard InChI is InChI=1S/C19H20F3NO2/c1-2-25-18(24)11-8-14-6-9-17(10-7-14)23-13-15-4-3-5-16(12-15)19(20,21)22/h3-7,9-10,12,23H,2,8,11,13H2,1H3. The summed E-state index contributed by atoms with van der Waals surface area (Å²) in [6, 6.07) is 12.7. The lowest BCUT2D eigenvalue weighted by molar-refractivity contribution is -0.143. The Morgan fingerprint density at radius 3 is 2.44 bits per heavy atom. The quantitative estimate of drug-likeness (QED) is 0.727. The second-order valence-electron chi connectivity index (χ2n) is 5.55. The number of anilines is 1. The van der Waals surface area contributed by atoms with Crippen LogP contribution in [0, 0.1) is 0 Å². The van der Waals surface area contributed by atoms with E-state index >= 15 is 0 Å². The second kappa shape index (κ2) is 8.55. The van der Waals surface area contributed by atoms with Crippen LogP contribution in [-0.4, -0.2) is 12.6 Å². The minimum absolute atomic E-state index is 0.228. The summed E-state index contributed by atoms with van der Waals surface area (Å²) in [4.78, 5) is 11.3. The van der Waals surface area contributed by atoms with Crippen molar-refractivity contribution in [2.45, 2.75) is 32.5 Å². The Hall–Kier alpha value is -2.50. The number of benzene rings is 2. The Kier molecular flexibility index (Phi) is 6.44. The van der Waals surface area contributed by atoms with E-state index < -0.39 is 11.7 Å². The van der Waals surface area contributed by atoms with Crippen LogP contribution in [0.25, 0.3) is 0 Å². The number of hydrogen-bond acceptors (Lipinski definition) is 3. The molecule has 0 amide bonds. The molecule has 0 atom stereocenters. The molecule has 0 aliphatic rings. The van der Waals surface area contributed by atoms with Gasteiger partial charge in [0.05, 0.1) is 12.2 Å². The van der Waals surface area contributed by atoms with Gasteiger partial charge in [0, 0.05) is 18.7 Å². The van der Waals surface area contributed by atoms with Crippen molar-refractivity contribution in [3.05, 3.63) is 65.2 Å². The third-order valence-corrected chi connectivity index (χ3v) is 3.63. The smallest absolute Gasteiger partial charge is 0.416 e. The molecule has 0 saturated carbocycles. The molecule has 2 aromatic rings. The van der Waals surface area contributed by atoms with Crippen LogP contribution in [-0.2, 0) is 28.7 Å².